The number of benzene rings is 1. The van der Waals surface area contributed by atoms with E-state index in [1.807, 2.05) is 25.1 Å². The van der Waals surface area contributed by atoms with Gasteiger partial charge in [0.2, 0.25) is 0 Å². The fraction of sp³-hybridized carbons (Fsp3) is 0.267. The highest BCUT2D eigenvalue weighted by Crippen LogP contribution is 2.37. The number of aromatic nitrogens is 1. The molecule has 1 aromatic heterocycles. The van der Waals surface area contributed by atoms with E-state index in [0.29, 0.717) is 18.1 Å². The van der Waals surface area contributed by atoms with Gasteiger partial charge in [0, 0.05) is 6.20 Å². The standard InChI is InChI=1S/C15H16BrNO3/c1-10-4-3-5-17-13(10)9-20-15-12(16)6-11(8-18)7-14(15)19-2/h3-7,18H,8-9H2,1-2H3. The zero-order valence-electron chi connectivity index (χ0n) is 11.4. The van der Waals surface area contributed by atoms with Gasteiger partial charge in [-0.3, -0.25) is 4.98 Å². The van der Waals surface area contributed by atoms with E-state index in [1.165, 1.54) is 0 Å². The molecular weight excluding hydrogens is 322 g/mol. The lowest BCUT2D eigenvalue weighted by atomic mass is 10.2. The number of pyridine rings is 1. The third-order valence-corrected chi connectivity index (χ3v) is 3.53. The maximum absolute atomic E-state index is 9.19. The van der Waals surface area contributed by atoms with Gasteiger partial charge in [-0.15, -0.1) is 0 Å². The zero-order valence-corrected chi connectivity index (χ0v) is 13.0. The van der Waals surface area contributed by atoms with Crippen LogP contribution in [0.4, 0.5) is 0 Å². The van der Waals surface area contributed by atoms with Crippen LogP contribution in [0.3, 0.4) is 0 Å². The number of halogens is 1. The Bertz CT molecular complexity index is 602. The number of methoxy groups -OCH3 is 1. The predicted octanol–water partition coefficient (Wildman–Crippen LogP) is 3.23. The van der Waals surface area contributed by atoms with Crippen molar-refractivity contribution in [1.82, 2.24) is 4.98 Å². The summed E-state index contributed by atoms with van der Waals surface area (Å²) in [6.45, 7) is 2.31. The predicted molar refractivity (Wildman–Crippen MR) is 79.9 cm³/mol. The van der Waals surface area contributed by atoms with E-state index >= 15 is 0 Å². The second-order valence-corrected chi connectivity index (χ2v) is 5.18. The number of rotatable bonds is 5. The van der Waals surface area contributed by atoms with Crippen molar-refractivity contribution in [3.8, 4) is 11.5 Å². The minimum atomic E-state index is -0.0470. The molecule has 2 rings (SSSR count). The normalized spacial score (nSPS) is 10.4. The van der Waals surface area contributed by atoms with Gasteiger partial charge in [-0.1, -0.05) is 6.07 Å². The molecule has 0 saturated carbocycles. The molecule has 2 aromatic rings. The summed E-state index contributed by atoms with van der Waals surface area (Å²) in [5.41, 5.74) is 2.72. The third kappa shape index (κ3) is 3.29. The van der Waals surface area contributed by atoms with Gasteiger partial charge in [-0.2, -0.15) is 0 Å². The van der Waals surface area contributed by atoms with E-state index in [2.05, 4.69) is 20.9 Å². The molecule has 0 aliphatic heterocycles. The monoisotopic (exact) mass is 337 g/mol. The van der Waals surface area contributed by atoms with E-state index in [1.54, 1.807) is 19.4 Å². The van der Waals surface area contributed by atoms with Gasteiger partial charge in [-0.25, -0.2) is 0 Å². The van der Waals surface area contributed by atoms with Crippen molar-refractivity contribution < 1.29 is 14.6 Å². The number of aliphatic hydroxyl groups excluding tert-OH is 1. The fourth-order valence-electron chi connectivity index (χ4n) is 1.81. The topological polar surface area (TPSA) is 51.6 Å². The van der Waals surface area contributed by atoms with E-state index < -0.39 is 0 Å². The summed E-state index contributed by atoms with van der Waals surface area (Å²) < 4.78 is 11.9. The van der Waals surface area contributed by atoms with Crippen LogP contribution < -0.4 is 9.47 Å². The average molecular weight is 338 g/mol. The molecular formula is C15H16BrNO3. The summed E-state index contributed by atoms with van der Waals surface area (Å²) in [5.74, 6) is 1.19. The van der Waals surface area contributed by atoms with Gasteiger partial charge in [0.05, 0.1) is 23.9 Å². The first-order valence-electron chi connectivity index (χ1n) is 6.16. The SMILES string of the molecule is COc1cc(CO)cc(Br)c1OCc1ncccc1C. The fourth-order valence-corrected chi connectivity index (χ4v) is 2.42. The smallest absolute Gasteiger partial charge is 0.175 e. The van der Waals surface area contributed by atoms with Crippen LogP contribution in [0, 0.1) is 6.92 Å². The molecule has 0 spiro atoms. The van der Waals surface area contributed by atoms with Crippen LogP contribution in [0.25, 0.3) is 0 Å². The molecule has 0 fully saturated rings. The van der Waals surface area contributed by atoms with Crippen LogP contribution in [0.1, 0.15) is 16.8 Å². The molecule has 0 unspecified atom stereocenters. The molecule has 0 radical (unpaired) electrons. The summed E-state index contributed by atoms with van der Waals surface area (Å²) >= 11 is 3.44. The van der Waals surface area contributed by atoms with Gasteiger partial charge < -0.3 is 14.6 Å². The molecule has 0 aliphatic carbocycles. The molecule has 20 heavy (non-hydrogen) atoms. The van der Waals surface area contributed by atoms with Crippen LogP contribution in [0.5, 0.6) is 11.5 Å². The van der Waals surface area contributed by atoms with Gasteiger partial charge >= 0.3 is 0 Å². The summed E-state index contributed by atoms with van der Waals surface area (Å²) in [7, 11) is 1.57. The number of nitrogens with zero attached hydrogens (tertiary/aromatic N) is 1. The number of hydrogen-bond acceptors (Lipinski definition) is 4. The Morgan fingerprint density at radius 3 is 2.80 bits per heavy atom. The van der Waals surface area contributed by atoms with Crippen LogP contribution in [-0.2, 0) is 13.2 Å². The molecule has 1 N–H and O–H groups in total. The van der Waals surface area contributed by atoms with E-state index in [-0.39, 0.29) is 6.61 Å². The maximum Gasteiger partial charge on any atom is 0.175 e. The molecule has 0 bridgehead atoms. The van der Waals surface area contributed by atoms with E-state index in [9.17, 15) is 5.11 Å². The first kappa shape index (κ1) is 14.8. The maximum atomic E-state index is 9.19. The lowest BCUT2D eigenvalue weighted by Gasteiger charge is -2.14. The number of hydrogen-bond donors (Lipinski definition) is 1. The Kier molecular flexibility index (Phi) is 4.98. The van der Waals surface area contributed by atoms with Crippen LogP contribution >= 0.6 is 15.9 Å². The van der Waals surface area contributed by atoms with Gasteiger partial charge in [0.15, 0.2) is 11.5 Å². The molecule has 5 heteroatoms. The highest BCUT2D eigenvalue weighted by Gasteiger charge is 2.12. The number of aliphatic hydroxyl groups is 1. The Morgan fingerprint density at radius 2 is 2.15 bits per heavy atom. The van der Waals surface area contributed by atoms with Crippen LogP contribution in [-0.4, -0.2) is 17.2 Å². The van der Waals surface area contributed by atoms with Crippen LogP contribution in [0.15, 0.2) is 34.9 Å². The zero-order chi connectivity index (χ0) is 14.5. The highest BCUT2D eigenvalue weighted by atomic mass is 79.9. The van der Waals surface area contributed by atoms with Gasteiger partial charge in [0.25, 0.3) is 0 Å². The lowest BCUT2D eigenvalue weighted by Crippen LogP contribution is -2.03. The molecule has 4 nitrogen and oxygen atoms in total. The number of aryl methyl sites for hydroxylation is 1. The Hall–Kier alpha value is -1.59. The van der Waals surface area contributed by atoms with Crippen molar-refractivity contribution in [2.45, 2.75) is 20.1 Å². The van der Waals surface area contributed by atoms with Crippen molar-refractivity contribution in [2.75, 3.05) is 7.11 Å². The quantitative estimate of drug-likeness (QED) is 0.909. The molecule has 0 aliphatic rings. The summed E-state index contributed by atoms with van der Waals surface area (Å²) in [6.07, 6.45) is 1.74. The van der Waals surface area contributed by atoms with Crippen LogP contribution in [0.2, 0.25) is 0 Å². The summed E-state index contributed by atoms with van der Waals surface area (Å²) in [6, 6.07) is 7.45. The Balaban J connectivity index is 2.23. The number of ether oxygens (including phenoxy) is 2. The first-order valence-corrected chi connectivity index (χ1v) is 6.95. The van der Waals surface area contributed by atoms with Crippen molar-refractivity contribution >= 4 is 15.9 Å². The lowest BCUT2D eigenvalue weighted by molar-refractivity contribution is 0.271. The molecule has 1 heterocycles. The Labute approximate surface area is 126 Å². The average Bonchev–Trinajstić information content (AvgIpc) is 2.46. The molecule has 0 atom stereocenters. The van der Waals surface area contributed by atoms with Crippen molar-refractivity contribution in [3.05, 3.63) is 51.8 Å². The summed E-state index contributed by atoms with van der Waals surface area (Å²) in [4.78, 5) is 4.29. The van der Waals surface area contributed by atoms with Crippen molar-refractivity contribution in [1.29, 1.82) is 0 Å². The second-order valence-electron chi connectivity index (χ2n) is 4.32. The largest absolute Gasteiger partial charge is 0.493 e. The minimum Gasteiger partial charge on any atom is -0.493 e. The van der Waals surface area contributed by atoms with E-state index in [4.69, 9.17) is 9.47 Å². The van der Waals surface area contributed by atoms with Gasteiger partial charge in [0.1, 0.15) is 6.61 Å². The molecule has 1 aromatic carbocycles. The van der Waals surface area contributed by atoms with Crippen molar-refractivity contribution in [2.24, 2.45) is 0 Å². The van der Waals surface area contributed by atoms with Gasteiger partial charge in [-0.05, 0) is 52.2 Å². The molecule has 0 saturated heterocycles. The minimum absolute atomic E-state index is 0.0470. The van der Waals surface area contributed by atoms with E-state index in [0.717, 1.165) is 21.3 Å². The summed E-state index contributed by atoms with van der Waals surface area (Å²) in [5, 5.41) is 9.19. The molecule has 106 valence electrons. The highest BCUT2D eigenvalue weighted by molar-refractivity contribution is 9.10. The first-order chi connectivity index (χ1) is 9.65. The Morgan fingerprint density at radius 1 is 1.35 bits per heavy atom. The molecule has 0 amide bonds. The third-order valence-electron chi connectivity index (χ3n) is 2.94. The van der Waals surface area contributed by atoms with Crippen molar-refractivity contribution in [3.63, 3.8) is 0 Å². The second kappa shape index (κ2) is 6.72.